The van der Waals surface area contributed by atoms with Crippen LogP contribution in [0.3, 0.4) is 0 Å². The molecule has 0 amide bonds. The van der Waals surface area contributed by atoms with E-state index in [0.717, 1.165) is 0 Å². The van der Waals surface area contributed by atoms with Crippen molar-refractivity contribution in [1.82, 2.24) is 4.98 Å². The number of carbonyl (C=O) groups is 1. The van der Waals surface area contributed by atoms with Gasteiger partial charge in [0, 0.05) is 6.20 Å². The second-order valence-corrected chi connectivity index (χ2v) is 5.59. The topological polar surface area (TPSA) is 93.0 Å². The highest BCUT2D eigenvalue weighted by Crippen LogP contribution is 2.15. The van der Waals surface area contributed by atoms with Crippen LogP contribution in [0.4, 0.5) is 5.82 Å². The van der Waals surface area contributed by atoms with Crippen LogP contribution in [0.15, 0.2) is 12.3 Å². The summed E-state index contributed by atoms with van der Waals surface area (Å²) in [6, 6.07) is 1.36. The molecule has 0 saturated carbocycles. The van der Waals surface area contributed by atoms with Gasteiger partial charge in [0.05, 0.1) is 10.8 Å². The predicted octanol–water partition coefficient (Wildman–Crippen LogP) is 0.560. The molecule has 1 heterocycles. The summed E-state index contributed by atoms with van der Waals surface area (Å²) in [5.41, 5.74) is 5.41. The number of nitrogens with one attached hydrogen (secondary N) is 1. The minimum absolute atomic E-state index is 0.0127. The molecular weight excluding hydrogens is 204 g/mol. The number of carbonyl (C=O) groups excluding carboxylic acids is 1. The standard InChI is InChI=1S/C8H12N2O3S/c1-5(2)14(12,13)8(11)6-3-4-10-7(6)9/h3-5,10H,9H2,1-2H3. The average Bonchev–Trinajstić information content (AvgIpc) is 2.49. The molecule has 5 nitrogen and oxygen atoms in total. The smallest absolute Gasteiger partial charge is 0.280 e. The van der Waals surface area contributed by atoms with Crippen LogP contribution in [-0.2, 0) is 9.84 Å². The Morgan fingerprint density at radius 3 is 2.43 bits per heavy atom. The van der Waals surface area contributed by atoms with Gasteiger partial charge in [0.1, 0.15) is 5.82 Å². The van der Waals surface area contributed by atoms with Crippen LogP contribution in [0.2, 0.25) is 0 Å². The Kier molecular flexibility index (Phi) is 2.66. The van der Waals surface area contributed by atoms with Crippen LogP contribution in [0, 0.1) is 0 Å². The summed E-state index contributed by atoms with van der Waals surface area (Å²) >= 11 is 0. The zero-order valence-electron chi connectivity index (χ0n) is 7.94. The molecule has 1 aromatic heterocycles. The maximum absolute atomic E-state index is 11.5. The highest BCUT2D eigenvalue weighted by atomic mass is 32.2. The van der Waals surface area contributed by atoms with E-state index in [2.05, 4.69) is 4.98 Å². The molecule has 0 aliphatic rings. The van der Waals surface area contributed by atoms with Crippen molar-refractivity contribution in [2.75, 3.05) is 5.73 Å². The SMILES string of the molecule is CC(C)S(=O)(=O)C(=O)c1cc[nH]c1N. The van der Waals surface area contributed by atoms with Crippen molar-refractivity contribution in [3.05, 3.63) is 17.8 Å². The molecule has 0 spiro atoms. The van der Waals surface area contributed by atoms with E-state index >= 15 is 0 Å². The number of anilines is 1. The van der Waals surface area contributed by atoms with Crippen LogP contribution in [0.5, 0.6) is 0 Å². The van der Waals surface area contributed by atoms with Gasteiger partial charge in [-0.05, 0) is 19.9 Å². The lowest BCUT2D eigenvalue weighted by atomic mass is 10.3. The minimum Gasteiger partial charge on any atom is -0.385 e. The normalized spacial score (nSPS) is 11.9. The number of H-pyrrole nitrogens is 1. The predicted molar refractivity (Wildman–Crippen MR) is 53.6 cm³/mol. The number of nitrogen functional groups attached to an aromatic ring is 1. The molecule has 0 unspecified atom stereocenters. The molecule has 1 rings (SSSR count). The quantitative estimate of drug-likeness (QED) is 0.755. The third kappa shape index (κ3) is 1.65. The van der Waals surface area contributed by atoms with Gasteiger partial charge in [0.2, 0.25) is 9.84 Å². The molecule has 0 aliphatic carbocycles. The van der Waals surface area contributed by atoms with Gasteiger partial charge < -0.3 is 10.7 Å². The van der Waals surface area contributed by atoms with Crippen molar-refractivity contribution in [2.24, 2.45) is 0 Å². The molecule has 0 atom stereocenters. The van der Waals surface area contributed by atoms with Crippen molar-refractivity contribution in [3.63, 3.8) is 0 Å². The third-order valence-corrected chi connectivity index (χ3v) is 3.86. The summed E-state index contributed by atoms with van der Waals surface area (Å²) in [7, 11) is -3.76. The Hall–Kier alpha value is -1.30. The van der Waals surface area contributed by atoms with Gasteiger partial charge in [-0.1, -0.05) is 0 Å². The van der Waals surface area contributed by atoms with Gasteiger partial charge in [0.25, 0.3) is 5.12 Å². The van der Waals surface area contributed by atoms with Crippen molar-refractivity contribution < 1.29 is 13.2 Å². The van der Waals surface area contributed by atoms with E-state index < -0.39 is 20.2 Å². The first kappa shape index (κ1) is 10.8. The van der Waals surface area contributed by atoms with E-state index in [4.69, 9.17) is 5.73 Å². The Morgan fingerprint density at radius 1 is 1.50 bits per heavy atom. The highest BCUT2D eigenvalue weighted by Gasteiger charge is 2.29. The van der Waals surface area contributed by atoms with E-state index in [1.165, 1.54) is 26.1 Å². The zero-order chi connectivity index (χ0) is 10.9. The van der Waals surface area contributed by atoms with Gasteiger partial charge in [0.15, 0.2) is 0 Å². The summed E-state index contributed by atoms with van der Waals surface area (Å²) in [5, 5.41) is -1.66. The van der Waals surface area contributed by atoms with Crippen molar-refractivity contribution in [1.29, 1.82) is 0 Å². The summed E-state index contributed by atoms with van der Waals surface area (Å²) in [4.78, 5) is 14.1. The van der Waals surface area contributed by atoms with E-state index in [1.807, 2.05) is 0 Å². The number of hydrogen-bond donors (Lipinski definition) is 2. The maximum Gasteiger partial charge on any atom is 0.280 e. The molecule has 1 aromatic rings. The number of nitrogens with two attached hydrogens (primary N) is 1. The number of hydrogen-bond acceptors (Lipinski definition) is 4. The first-order valence-electron chi connectivity index (χ1n) is 4.08. The van der Waals surface area contributed by atoms with Crippen molar-refractivity contribution in [3.8, 4) is 0 Å². The summed E-state index contributed by atoms with van der Waals surface area (Å²) < 4.78 is 22.9. The fraction of sp³-hybridized carbons (Fsp3) is 0.375. The summed E-state index contributed by atoms with van der Waals surface area (Å²) in [5.74, 6) is 0.0826. The van der Waals surface area contributed by atoms with Gasteiger partial charge >= 0.3 is 0 Å². The molecule has 0 bridgehead atoms. The molecule has 0 fully saturated rings. The Labute approximate surface area is 82.2 Å². The molecule has 0 radical (unpaired) electrons. The van der Waals surface area contributed by atoms with Gasteiger partial charge in [-0.3, -0.25) is 4.79 Å². The van der Waals surface area contributed by atoms with Crippen molar-refractivity contribution >= 4 is 20.8 Å². The highest BCUT2D eigenvalue weighted by molar-refractivity contribution is 8.07. The molecule has 0 aromatic carbocycles. The Morgan fingerprint density at radius 2 is 2.07 bits per heavy atom. The van der Waals surface area contributed by atoms with Crippen LogP contribution in [-0.4, -0.2) is 23.8 Å². The number of rotatable bonds is 2. The van der Waals surface area contributed by atoms with Crippen LogP contribution in [0.25, 0.3) is 0 Å². The van der Waals surface area contributed by atoms with E-state index in [0.29, 0.717) is 0 Å². The van der Waals surface area contributed by atoms with E-state index in [1.54, 1.807) is 0 Å². The third-order valence-electron chi connectivity index (χ3n) is 1.88. The molecule has 78 valence electrons. The Bertz CT molecular complexity index is 445. The largest absolute Gasteiger partial charge is 0.385 e. The van der Waals surface area contributed by atoms with E-state index in [-0.39, 0.29) is 11.4 Å². The van der Waals surface area contributed by atoms with Crippen molar-refractivity contribution in [2.45, 2.75) is 19.1 Å². The van der Waals surface area contributed by atoms with Gasteiger partial charge in [-0.2, -0.15) is 0 Å². The van der Waals surface area contributed by atoms with E-state index in [9.17, 15) is 13.2 Å². The zero-order valence-corrected chi connectivity index (χ0v) is 8.76. The molecule has 6 heteroatoms. The first-order valence-corrected chi connectivity index (χ1v) is 5.63. The minimum atomic E-state index is -3.76. The molecular formula is C8H12N2O3S. The van der Waals surface area contributed by atoms with Gasteiger partial charge in [-0.25, -0.2) is 8.42 Å². The monoisotopic (exact) mass is 216 g/mol. The summed E-state index contributed by atoms with van der Waals surface area (Å²) in [6.07, 6.45) is 1.43. The average molecular weight is 216 g/mol. The lowest BCUT2D eigenvalue weighted by molar-refractivity contribution is 0.107. The number of aromatic amines is 1. The van der Waals surface area contributed by atoms with Gasteiger partial charge in [-0.15, -0.1) is 0 Å². The second kappa shape index (κ2) is 3.45. The summed E-state index contributed by atoms with van der Waals surface area (Å²) in [6.45, 7) is 2.91. The molecule has 0 saturated heterocycles. The molecule has 3 N–H and O–H groups in total. The second-order valence-electron chi connectivity index (χ2n) is 3.19. The van der Waals surface area contributed by atoms with Crippen LogP contribution < -0.4 is 5.73 Å². The fourth-order valence-electron chi connectivity index (χ4n) is 0.928. The maximum atomic E-state index is 11.5. The number of aromatic nitrogens is 1. The first-order chi connectivity index (χ1) is 6.37. The lowest BCUT2D eigenvalue weighted by Gasteiger charge is -2.05. The fourth-order valence-corrected chi connectivity index (χ4v) is 1.84. The lowest BCUT2D eigenvalue weighted by Crippen LogP contribution is -2.24. The molecule has 0 aliphatic heterocycles. The molecule has 14 heavy (non-hydrogen) atoms. The Balaban J connectivity index is 3.16. The number of sulfone groups is 1. The van der Waals surface area contributed by atoms with Crippen LogP contribution in [0.1, 0.15) is 24.2 Å². The van der Waals surface area contributed by atoms with Crippen LogP contribution >= 0.6 is 0 Å².